The first-order valence-corrected chi connectivity index (χ1v) is 9.45. The number of nitrogens with zero attached hydrogens (tertiary/aromatic N) is 3. The molecule has 2 N–H and O–H groups in total. The minimum Gasteiger partial charge on any atom is -0.281 e. The van der Waals surface area contributed by atoms with E-state index in [-0.39, 0.29) is 17.0 Å². The Morgan fingerprint density at radius 3 is 3.00 bits per heavy atom. The van der Waals surface area contributed by atoms with E-state index >= 15 is 0 Å². The van der Waals surface area contributed by atoms with Crippen molar-refractivity contribution < 1.29 is 9.72 Å². The molecular formula is C20H25N5O3. The van der Waals surface area contributed by atoms with Gasteiger partial charge < -0.3 is 0 Å². The van der Waals surface area contributed by atoms with Gasteiger partial charge in [0.05, 0.1) is 11.1 Å². The second-order valence-electron chi connectivity index (χ2n) is 7.86. The summed E-state index contributed by atoms with van der Waals surface area (Å²) in [6.45, 7) is 6.73. The van der Waals surface area contributed by atoms with Gasteiger partial charge in [0.2, 0.25) is 0 Å². The predicted octanol–water partition coefficient (Wildman–Crippen LogP) is 3.62. The summed E-state index contributed by atoms with van der Waals surface area (Å²) in [7, 11) is 0. The normalized spacial score (nSPS) is 16.8. The van der Waals surface area contributed by atoms with Crippen LogP contribution in [-0.2, 0) is 12.8 Å². The maximum atomic E-state index is 12.6. The summed E-state index contributed by atoms with van der Waals surface area (Å²) in [6, 6.07) is 6.04. The number of carbonyl (C=O) groups is 1. The number of nitro groups is 1. The van der Waals surface area contributed by atoms with Crippen molar-refractivity contribution in [2.24, 2.45) is 16.4 Å². The number of aromatic amines is 1. The second-order valence-corrected chi connectivity index (χ2v) is 7.86. The molecule has 0 saturated heterocycles. The highest BCUT2D eigenvalue weighted by Crippen LogP contribution is 2.40. The van der Waals surface area contributed by atoms with Gasteiger partial charge in [0.1, 0.15) is 0 Å². The average Bonchev–Trinajstić information content (AvgIpc) is 3.11. The molecule has 0 spiro atoms. The van der Waals surface area contributed by atoms with Gasteiger partial charge in [-0.25, -0.2) is 5.43 Å². The minimum absolute atomic E-state index is 0.0266. The molecule has 1 aromatic carbocycles. The molecule has 3 rings (SSSR count). The third kappa shape index (κ3) is 4.11. The minimum atomic E-state index is -0.472. The summed E-state index contributed by atoms with van der Waals surface area (Å²) >= 11 is 0. The van der Waals surface area contributed by atoms with Crippen LogP contribution < -0.4 is 5.43 Å². The molecule has 148 valence electrons. The zero-order valence-electron chi connectivity index (χ0n) is 16.4. The fourth-order valence-corrected chi connectivity index (χ4v) is 3.58. The van der Waals surface area contributed by atoms with E-state index in [1.54, 1.807) is 12.1 Å². The average molecular weight is 383 g/mol. The first-order valence-electron chi connectivity index (χ1n) is 9.45. The predicted molar refractivity (Wildman–Crippen MR) is 106 cm³/mol. The molecule has 8 nitrogen and oxygen atoms in total. The molecule has 0 aliphatic heterocycles. The number of hydrogen-bond acceptors (Lipinski definition) is 5. The highest BCUT2D eigenvalue weighted by molar-refractivity contribution is 5.94. The van der Waals surface area contributed by atoms with Crippen LogP contribution in [0.25, 0.3) is 0 Å². The lowest BCUT2D eigenvalue weighted by Gasteiger charge is -2.36. The first-order chi connectivity index (χ1) is 13.3. The van der Waals surface area contributed by atoms with Gasteiger partial charge in [-0.2, -0.15) is 10.2 Å². The molecule has 0 radical (unpaired) electrons. The number of hydrazone groups is 1. The molecular weight excluding hydrogens is 358 g/mol. The van der Waals surface area contributed by atoms with Crippen LogP contribution in [0.4, 0.5) is 5.69 Å². The highest BCUT2D eigenvalue weighted by atomic mass is 16.6. The highest BCUT2D eigenvalue weighted by Gasteiger charge is 2.34. The van der Waals surface area contributed by atoms with Crippen molar-refractivity contribution in [1.29, 1.82) is 0 Å². The van der Waals surface area contributed by atoms with E-state index in [2.05, 4.69) is 41.5 Å². The van der Waals surface area contributed by atoms with Crippen LogP contribution in [-0.4, -0.2) is 27.2 Å². The Labute approximate surface area is 163 Å². The number of hydrogen-bond donors (Lipinski definition) is 2. The Bertz CT molecular complexity index is 916. The van der Waals surface area contributed by atoms with Gasteiger partial charge in [0, 0.05) is 29.0 Å². The Morgan fingerprint density at radius 2 is 2.29 bits per heavy atom. The fraction of sp³-hybridized carbons (Fsp3) is 0.450. The van der Waals surface area contributed by atoms with E-state index in [1.807, 2.05) is 0 Å². The molecule has 1 unspecified atom stereocenters. The van der Waals surface area contributed by atoms with Crippen LogP contribution in [0.15, 0.2) is 29.4 Å². The van der Waals surface area contributed by atoms with E-state index < -0.39 is 4.92 Å². The summed E-state index contributed by atoms with van der Waals surface area (Å²) in [5.41, 5.74) is 5.57. The van der Waals surface area contributed by atoms with Gasteiger partial charge in [-0.3, -0.25) is 20.0 Å². The Morgan fingerprint density at radius 1 is 1.50 bits per heavy atom. The van der Waals surface area contributed by atoms with Crippen molar-refractivity contribution in [2.75, 3.05) is 0 Å². The van der Waals surface area contributed by atoms with Crippen molar-refractivity contribution >= 4 is 17.8 Å². The van der Waals surface area contributed by atoms with E-state index in [1.165, 1.54) is 18.3 Å². The molecule has 28 heavy (non-hydrogen) atoms. The van der Waals surface area contributed by atoms with Crippen molar-refractivity contribution in [1.82, 2.24) is 15.6 Å². The summed E-state index contributed by atoms with van der Waals surface area (Å²) in [5.74, 6) is 0.122. The zero-order valence-corrected chi connectivity index (χ0v) is 16.4. The molecule has 1 aliphatic rings. The Kier molecular flexibility index (Phi) is 5.58. The topological polar surface area (TPSA) is 113 Å². The van der Waals surface area contributed by atoms with Gasteiger partial charge >= 0.3 is 0 Å². The molecule has 1 aromatic heterocycles. The number of H-pyrrole nitrogens is 1. The van der Waals surface area contributed by atoms with Crippen LogP contribution >= 0.6 is 0 Å². The van der Waals surface area contributed by atoms with Gasteiger partial charge in [-0.05, 0) is 30.6 Å². The van der Waals surface area contributed by atoms with E-state index in [0.717, 1.165) is 36.9 Å². The number of nitrogens with one attached hydrogen (secondary N) is 2. The van der Waals surface area contributed by atoms with E-state index in [0.29, 0.717) is 17.2 Å². The van der Waals surface area contributed by atoms with Crippen molar-refractivity contribution in [3.8, 4) is 0 Å². The smallest absolute Gasteiger partial charge is 0.281 e. The summed E-state index contributed by atoms with van der Waals surface area (Å²) < 4.78 is 0. The lowest BCUT2D eigenvalue weighted by Crippen LogP contribution is -2.30. The number of benzene rings is 1. The Balaban J connectivity index is 1.70. The van der Waals surface area contributed by atoms with Crippen LogP contribution in [0.1, 0.15) is 60.9 Å². The lowest BCUT2D eigenvalue weighted by molar-refractivity contribution is -0.384. The maximum Gasteiger partial charge on any atom is 0.292 e. The van der Waals surface area contributed by atoms with Crippen LogP contribution in [0.5, 0.6) is 0 Å². The molecule has 1 amide bonds. The molecule has 8 heteroatoms. The van der Waals surface area contributed by atoms with Gasteiger partial charge in [-0.1, -0.05) is 39.3 Å². The number of non-ortho nitro benzene ring substituents is 1. The SMILES string of the molecule is CCC(C)(C)C1CCc2[nH]nc(C(=O)NN=Cc3cccc([N+](=O)[O-])c3)c2C1. The quantitative estimate of drug-likeness (QED) is 0.450. The zero-order chi connectivity index (χ0) is 20.3. The standard InChI is InChI=1S/C20H25N5O3/c1-4-20(2,3)14-8-9-17-16(11-14)18(23-22-17)19(26)24-21-12-13-6-5-7-15(10-13)25(27)28/h5-7,10,12,14H,4,8-9,11H2,1-3H3,(H,22,23)(H,24,26). The second kappa shape index (κ2) is 7.92. The van der Waals surface area contributed by atoms with Crippen molar-refractivity contribution in [3.63, 3.8) is 0 Å². The van der Waals surface area contributed by atoms with Gasteiger partial charge in [-0.15, -0.1) is 0 Å². The van der Waals surface area contributed by atoms with Crippen LogP contribution in [0, 0.1) is 21.4 Å². The fourth-order valence-electron chi connectivity index (χ4n) is 3.58. The van der Waals surface area contributed by atoms with Crippen LogP contribution in [0.3, 0.4) is 0 Å². The monoisotopic (exact) mass is 383 g/mol. The van der Waals surface area contributed by atoms with Crippen molar-refractivity contribution in [2.45, 2.75) is 46.5 Å². The number of carbonyl (C=O) groups excluding carboxylic acids is 1. The number of nitro benzene ring substituents is 1. The number of aryl methyl sites for hydroxylation is 1. The summed E-state index contributed by atoms with van der Waals surface area (Å²) in [5, 5.41) is 21.9. The molecule has 0 bridgehead atoms. The largest absolute Gasteiger partial charge is 0.292 e. The molecule has 0 saturated carbocycles. The van der Waals surface area contributed by atoms with Gasteiger partial charge in [0.25, 0.3) is 11.6 Å². The lowest BCUT2D eigenvalue weighted by atomic mass is 9.69. The first kappa shape index (κ1) is 19.7. The molecule has 1 aliphatic carbocycles. The molecule has 1 heterocycles. The summed E-state index contributed by atoms with van der Waals surface area (Å²) in [4.78, 5) is 22.9. The third-order valence-electron chi connectivity index (χ3n) is 5.84. The molecule has 2 aromatic rings. The van der Waals surface area contributed by atoms with Gasteiger partial charge in [0.15, 0.2) is 5.69 Å². The number of amides is 1. The number of fused-ring (bicyclic) bond motifs is 1. The summed E-state index contributed by atoms with van der Waals surface area (Å²) in [6.07, 6.45) is 5.26. The van der Waals surface area contributed by atoms with Crippen LogP contribution in [0.2, 0.25) is 0 Å². The van der Waals surface area contributed by atoms with Crippen molar-refractivity contribution in [3.05, 3.63) is 56.9 Å². The molecule has 1 atom stereocenters. The molecule has 0 fully saturated rings. The number of aromatic nitrogens is 2. The number of rotatable bonds is 6. The maximum absolute atomic E-state index is 12.6. The van der Waals surface area contributed by atoms with E-state index in [4.69, 9.17) is 0 Å². The third-order valence-corrected chi connectivity index (χ3v) is 5.84. The Hall–Kier alpha value is -3.03. The van der Waals surface area contributed by atoms with E-state index in [9.17, 15) is 14.9 Å².